The second-order valence-electron chi connectivity index (χ2n) is 4.72. The van der Waals surface area contributed by atoms with Crippen molar-refractivity contribution < 1.29 is 14.3 Å². The molecule has 2 heterocycles. The summed E-state index contributed by atoms with van der Waals surface area (Å²) in [6.45, 7) is 6.93. The van der Waals surface area contributed by atoms with Crippen LogP contribution in [0.25, 0.3) is 0 Å². The summed E-state index contributed by atoms with van der Waals surface area (Å²) < 4.78 is 10.2. The summed E-state index contributed by atoms with van der Waals surface area (Å²) in [7, 11) is 1.40. The number of rotatable bonds is 3. The molecule has 1 N–H and O–H groups in total. The van der Waals surface area contributed by atoms with E-state index in [0.29, 0.717) is 23.9 Å². The zero-order valence-electron chi connectivity index (χ0n) is 12.5. The van der Waals surface area contributed by atoms with Crippen LogP contribution < -0.4 is 5.32 Å². The predicted octanol–water partition coefficient (Wildman–Crippen LogP) is 2.43. The van der Waals surface area contributed by atoms with Crippen molar-refractivity contribution in [2.24, 2.45) is 0 Å². The molecule has 0 saturated carbocycles. The van der Waals surface area contributed by atoms with Crippen LogP contribution in [0.1, 0.15) is 27.7 Å². The number of methoxy groups -OCH3 is 1. The van der Waals surface area contributed by atoms with E-state index in [0.717, 1.165) is 35.0 Å². The van der Waals surface area contributed by atoms with Crippen molar-refractivity contribution in [1.29, 1.82) is 0 Å². The number of esters is 1. The lowest BCUT2D eigenvalue weighted by atomic mass is 10.1. The summed E-state index contributed by atoms with van der Waals surface area (Å²) in [5.74, 6) is -0.316. The van der Waals surface area contributed by atoms with Crippen LogP contribution in [0, 0.1) is 6.92 Å². The third-order valence-corrected chi connectivity index (χ3v) is 4.89. The van der Waals surface area contributed by atoms with Crippen molar-refractivity contribution in [2.45, 2.75) is 20.3 Å². The van der Waals surface area contributed by atoms with Crippen molar-refractivity contribution in [1.82, 2.24) is 4.90 Å². The topological polar surface area (TPSA) is 50.8 Å². The van der Waals surface area contributed by atoms with Gasteiger partial charge in [-0.25, -0.2) is 4.79 Å². The Hall–Kier alpha value is -1.18. The van der Waals surface area contributed by atoms with Gasteiger partial charge in [0, 0.05) is 18.0 Å². The van der Waals surface area contributed by atoms with Gasteiger partial charge in [-0.1, -0.05) is 6.92 Å². The standard InChI is InChI=1S/C14H20N2O3S2/c1-4-10-9(2)21-12(11(10)13(17)18-3)15-14(20)16-5-7-19-8-6-16/h4-8H2,1-3H3,(H,15,20). The average Bonchev–Trinajstić information content (AvgIpc) is 2.82. The fourth-order valence-electron chi connectivity index (χ4n) is 2.35. The van der Waals surface area contributed by atoms with Crippen LogP contribution in [0.5, 0.6) is 0 Å². The van der Waals surface area contributed by atoms with E-state index in [-0.39, 0.29) is 5.97 Å². The monoisotopic (exact) mass is 328 g/mol. The molecular weight excluding hydrogens is 308 g/mol. The molecule has 0 unspecified atom stereocenters. The third kappa shape index (κ3) is 3.53. The van der Waals surface area contributed by atoms with Crippen molar-refractivity contribution in [3.8, 4) is 0 Å². The molecule has 0 aromatic carbocycles. The minimum Gasteiger partial charge on any atom is -0.465 e. The van der Waals surface area contributed by atoms with Gasteiger partial charge in [0.15, 0.2) is 5.11 Å². The molecule has 116 valence electrons. The molecule has 1 aliphatic rings. The number of carbonyl (C=O) groups excluding carboxylic acids is 1. The number of hydrogen-bond acceptors (Lipinski definition) is 5. The highest BCUT2D eigenvalue weighted by Crippen LogP contribution is 2.34. The van der Waals surface area contributed by atoms with Crippen LogP contribution in [0.4, 0.5) is 5.00 Å². The van der Waals surface area contributed by atoms with Crippen LogP contribution in [0.15, 0.2) is 0 Å². The molecule has 2 rings (SSSR count). The molecule has 1 fully saturated rings. The number of nitrogens with one attached hydrogen (secondary N) is 1. The quantitative estimate of drug-likeness (QED) is 0.679. The van der Waals surface area contributed by atoms with E-state index in [1.165, 1.54) is 7.11 Å². The lowest BCUT2D eigenvalue weighted by molar-refractivity contribution is 0.0601. The predicted molar refractivity (Wildman–Crippen MR) is 88.4 cm³/mol. The number of anilines is 1. The first-order valence-corrected chi connectivity index (χ1v) is 8.15. The highest BCUT2D eigenvalue weighted by atomic mass is 32.1. The number of aryl methyl sites for hydroxylation is 1. The van der Waals surface area contributed by atoms with Gasteiger partial charge in [0.1, 0.15) is 5.00 Å². The largest absolute Gasteiger partial charge is 0.465 e. The molecular formula is C14H20N2O3S2. The van der Waals surface area contributed by atoms with Crippen LogP contribution >= 0.6 is 23.6 Å². The van der Waals surface area contributed by atoms with Gasteiger partial charge < -0.3 is 19.7 Å². The van der Waals surface area contributed by atoms with E-state index in [4.69, 9.17) is 21.7 Å². The Balaban J connectivity index is 2.22. The number of thiocarbonyl (C=S) groups is 1. The summed E-state index contributed by atoms with van der Waals surface area (Å²) in [6, 6.07) is 0. The Morgan fingerprint density at radius 2 is 2.14 bits per heavy atom. The molecule has 0 bridgehead atoms. The van der Waals surface area contributed by atoms with Gasteiger partial charge in [-0.2, -0.15) is 0 Å². The average molecular weight is 328 g/mol. The molecule has 21 heavy (non-hydrogen) atoms. The van der Waals surface area contributed by atoms with E-state index in [2.05, 4.69) is 10.2 Å². The zero-order valence-corrected chi connectivity index (χ0v) is 14.2. The SMILES string of the molecule is CCc1c(C)sc(NC(=S)N2CCOCC2)c1C(=O)OC. The molecule has 5 nitrogen and oxygen atoms in total. The third-order valence-electron chi connectivity index (χ3n) is 3.47. The second-order valence-corrected chi connectivity index (χ2v) is 6.33. The number of carbonyl (C=O) groups is 1. The van der Waals surface area contributed by atoms with Gasteiger partial charge in [0.2, 0.25) is 0 Å². The van der Waals surface area contributed by atoms with E-state index in [1.54, 1.807) is 11.3 Å². The maximum absolute atomic E-state index is 12.1. The maximum Gasteiger partial charge on any atom is 0.341 e. The van der Waals surface area contributed by atoms with Gasteiger partial charge >= 0.3 is 5.97 Å². The first-order chi connectivity index (χ1) is 10.1. The fourth-order valence-corrected chi connectivity index (χ4v) is 3.83. The van der Waals surface area contributed by atoms with E-state index >= 15 is 0 Å². The highest BCUT2D eigenvalue weighted by Gasteiger charge is 2.23. The van der Waals surface area contributed by atoms with Gasteiger partial charge in [-0.05, 0) is 31.1 Å². The molecule has 0 radical (unpaired) electrons. The Morgan fingerprint density at radius 3 is 2.71 bits per heavy atom. The molecule has 1 aromatic rings. The normalized spacial score (nSPS) is 14.9. The summed E-state index contributed by atoms with van der Waals surface area (Å²) in [4.78, 5) is 15.2. The molecule has 0 amide bonds. The zero-order chi connectivity index (χ0) is 15.4. The van der Waals surface area contributed by atoms with Crippen molar-refractivity contribution in [3.63, 3.8) is 0 Å². The Morgan fingerprint density at radius 1 is 1.48 bits per heavy atom. The van der Waals surface area contributed by atoms with Crippen LogP contribution in [0.2, 0.25) is 0 Å². The number of nitrogens with zero attached hydrogens (tertiary/aromatic N) is 1. The molecule has 1 aliphatic heterocycles. The summed E-state index contributed by atoms with van der Waals surface area (Å²) >= 11 is 6.99. The van der Waals surface area contributed by atoms with Gasteiger partial charge in [0.05, 0.1) is 25.9 Å². The second kappa shape index (κ2) is 7.20. The molecule has 0 atom stereocenters. The molecule has 7 heteroatoms. The summed E-state index contributed by atoms with van der Waals surface area (Å²) in [5.41, 5.74) is 1.64. The lowest BCUT2D eigenvalue weighted by Gasteiger charge is -2.29. The number of thiophene rings is 1. The van der Waals surface area contributed by atoms with E-state index < -0.39 is 0 Å². The molecule has 0 aliphatic carbocycles. The lowest BCUT2D eigenvalue weighted by Crippen LogP contribution is -2.42. The summed E-state index contributed by atoms with van der Waals surface area (Å²) in [6.07, 6.45) is 0.790. The Kier molecular flexibility index (Phi) is 5.55. The minimum atomic E-state index is -0.316. The smallest absolute Gasteiger partial charge is 0.341 e. The molecule has 1 saturated heterocycles. The van der Waals surface area contributed by atoms with E-state index in [9.17, 15) is 4.79 Å². The number of hydrogen-bond donors (Lipinski definition) is 1. The van der Waals surface area contributed by atoms with Crippen molar-refractivity contribution in [3.05, 3.63) is 16.0 Å². The van der Waals surface area contributed by atoms with Gasteiger partial charge in [0.25, 0.3) is 0 Å². The van der Waals surface area contributed by atoms with Gasteiger partial charge in [-0.3, -0.25) is 0 Å². The van der Waals surface area contributed by atoms with Crippen LogP contribution in [-0.4, -0.2) is 49.4 Å². The maximum atomic E-state index is 12.1. The highest BCUT2D eigenvalue weighted by molar-refractivity contribution is 7.80. The van der Waals surface area contributed by atoms with Crippen molar-refractivity contribution >= 4 is 39.6 Å². The first kappa shape index (κ1) is 16.2. The molecule has 1 aromatic heterocycles. The fraction of sp³-hybridized carbons (Fsp3) is 0.571. The first-order valence-electron chi connectivity index (χ1n) is 6.92. The summed E-state index contributed by atoms with van der Waals surface area (Å²) in [5, 5.41) is 4.61. The number of ether oxygens (including phenoxy) is 2. The molecule has 0 spiro atoms. The van der Waals surface area contributed by atoms with E-state index in [1.807, 2.05) is 13.8 Å². The Bertz CT molecular complexity index is 537. The number of morpholine rings is 1. The van der Waals surface area contributed by atoms with Crippen molar-refractivity contribution in [2.75, 3.05) is 38.7 Å². The minimum absolute atomic E-state index is 0.316. The van der Waals surface area contributed by atoms with Gasteiger partial charge in [-0.15, -0.1) is 11.3 Å². The Labute approximate surface area is 134 Å². The van der Waals surface area contributed by atoms with Crippen LogP contribution in [-0.2, 0) is 15.9 Å². The van der Waals surface area contributed by atoms with Crippen LogP contribution in [0.3, 0.4) is 0 Å².